The summed E-state index contributed by atoms with van der Waals surface area (Å²) in [6.07, 6.45) is 1.05. The molecule has 106 valence electrons. The largest absolute Gasteiger partial charge is 0.497 e. The van der Waals surface area contributed by atoms with Crippen molar-refractivity contribution in [2.75, 3.05) is 7.11 Å². The maximum atomic E-state index is 5.80. The van der Waals surface area contributed by atoms with Gasteiger partial charge in [0.2, 0.25) is 0 Å². The summed E-state index contributed by atoms with van der Waals surface area (Å²) < 4.78 is 11.0. The Hall–Kier alpha value is -1.59. The van der Waals surface area contributed by atoms with Gasteiger partial charge in [-0.25, -0.2) is 0 Å². The topological polar surface area (TPSA) is 44.5 Å². The second-order valence-electron chi connectivity index (χ2n) is 4.27. The minimum Gasteiger partial charge on any atom is -0.497 e. The Morgan fingerprint density at radius 2 is 1.90 bits per heavy atom. The molecule has 0 radical (unpaired) electrons. The number of thiophene rings is 1. The van der Waals surface area contributed by atoms with Crippen LogP contribution in [-0.2, 0) is 13.0 Å². The quantitative estimate of drug-likeness (QED) is 0.829. The number of aryl methyl sites for hydroxylation is 1. The number of ether oxygens (including phenoxy) is 2. The Labute approximate surface area is 128 Å². The van der Waals surface area contributed by atoms with Gasteiger partial charge in [-0.15, -0.1) is 11.3 Å². The standard InChI is InChI=1S/C15H17NO2S2/c1-3-13-4-5-14(20-13)9-18-12-7-10(15(16)19)6-11(8-12)17-2/h4-8H,3,9H2,1-2H3,(H2,16,19). The second kappa shape index (κ2) is 6.72. The molecule has 5 heteroatoms. The molecule has 0 spiro atoms. The van der Waals surface area contributed by atoms with Gasteiger partial charge < -0.3 is 15.2 Å². The van der Waals surface area contributed by atoms with E-state index in [2.05, 4.69) is 19.1 Å². The fourth-order valence-corrected chi connectivity index (χ4v) is 2.75. The van der Waals surface area contributed by atoms with Gasteiger partial charge >= 0.3 is 0 Å². The van der Waals surface area contributed by atoms with Gasteiger partial charge in [0, 0.05) is 21.4 Å². The first kappa shape index (κ1) is 14.8. The van der Waals surface area contributed by atoms with E-state index in [0.29, 0.717) is 23.1 Å². The van der Waals surface area contributed by atoms with Gasteiger partial charge in [0.05, 0.1) is 7.11 Å². The van der Waals surface area contributed by atoms with Crippen LogP contribution in [0.4, 0.5) is 0 Å². The van der Waals surface area contributed by atoms with E-state index in [1.165, 1.54) is 9.75 Å². The van der Waals surface area contributed by atoms with Gasteiger partial charge in [0.15, 0.2) is 0 Å². The molecule has 0 amide bonds. The van der Waals surface area contributed by atoms with Gasteiger partial charge in [0.1, 0.15) is 23.1 Å². The first-order valence-corrected chi connectivity index (χ1v) is 7.54. The lowest BCUT2D eigenvalue weighted by molar-refractivity contribution is 0.307. The highest BCUT2D eigenvalue weighted by molar-refractivity contribution is 7.80. The Morgan fingerprint density at radius 3 is 2.50 bits per heavy atom. The Morgan fingerprint density at radius 1 is 1.20 bits per heavy atom. The average Bonchev–Trinajstić information content (AvgIpc) is 2.92. The average molecular weight is 307 g/mol. The summed E-state index contributed by atoms with van der Waals surface area (Å²) in [6.45, 7) is 2.68. The van der Waals surface area contributed by atoms with Crippen molar-refractivity contribution in [3.8, 4) is 11.5 Å². The monoisotopic (exact) mass is 307 g/mol. The minimum absolute atomic E-state index is 0.332. The van der Waals surface area contributed by atoms with E-state index < -0.39 is 0 Å². The molecule has 0 bridgehead atoms. The molecule has 0 fully saturated rings. The highest BCUT2D eigenvalue weighted by Crippen LogP contribution is 2.25. The summed E-state index contributed by atoms with van der Waals surface area (Å²) in [5.41, 5.74) is 6.40. The van der Waals surface area contributed by atoms with Crippen molar-refractivity contribution < 1.29 is 9.47 Å². The Kier molecular flexibility index (Phi) is 4.98. The van der Waals surface area contributed by atoms with Crippen LogP contribution in [0.5, 0.6) is 11.5 Å². The lowest BCUT2D eigenvalue weighted by Crippen LogP contribution is -2.09. The number of hydrogen-bond acceptors (Lipinski definition) is 4. The Bertz CT molecular complexity index is 608. The molecule has 0 aliphatic carbocycles. The molecule has 1 aromatic heterocycles. The fraction of sp³-hybridized carbons (Fsp3) is 0.267. The lowest BCUT2D eigenvalue weighted by Gasteiger charge is -2.09. The van der Waals surface area contributed by atoms with Crippen LogP contribution in [0.2, 0.25) is 0 Å². The van der Waals surface area contributed by atoms with Gasteiger partial charge in [-0.2, -0.15) is 0 Å². The molecule has 0 aliphatic rings. The molecule has 2 aromatic rings. The van der Waals surface area contributed by atoms with Crippen molar-refractivity contribution in [2.24, 2.45) is 5.73 Å². The summed E-state index contributed by atoms with van der Waals surface area (Å²) in [7, 11) is 1.61. The number of nitrogens with two attached hydrogens (primary N) is 1. The summed E-state index contributed by atoms with van der Waals surface area (Å²) >= 11 is 6.76. The van der Waals surface area contributed by atoms with Gasteiger partial charge in [-0.3, -0.25) is 0 Å². The third-order valence-corrected chi connectivity index (χ3v) is 4.29. The molecule has 3 nitrogen and oxygen atoms in total. The zero-order valence-electron chi connectivity index (χ0n) is 11.5. The summed E-state index contributed by atoms with van der Waals surface area (Å²) in [5, 5.41) is 0. The zero-order chi connectivity index (χ0) is 14.5. The number of rotatable bonds is 6. The molecule has 0 aliphatic heterocycles. The number of thiocarbonyl (C=S) groups is 1. The SMILES string of the molecule is CCc1ccc(COc2cc(OC)cc(C(N)=S)c2)s1. The molecule has 2 N–H and O–H groups in total. The van der Waals surface area contributed by atoms with Crippen LogP contribution in [0.15, 0.2) is 30.3 Å². The van der Waals surface area contributed by atoms with Crippen LogP contribution >= 0.6 is 23.6 Å². The minimum atomic E-state index is 0.332. The number of benzene rings is 1. The predicted molar refractivity (Wildman–Crippen MR) is 86.9 cm³/mol. The molecule has 20 heavy (non-hydrogen) atoms. The maximum absolute atomic E-state index is 5.80. The molecule has 2 rings (SSSR count). The van der Waals surface area contributed by atoms with Gasteiger partial charge in [0.25, 0.3) is 0 Å². The van der Waals surface area contributed by atoms with Crippen LogP contribution in [0, 0.1) is 0 Å². The van der Waals surface area contributed by atoms with Crippen molar-refractivity contribution in [1.82, 2.24) is 0 Å². The van der Waals surface area contributed by atoms with Gasteiger partial charge in [-0.05, 0) is 30.7 Å². The van der Waals surface area contributed by atoms with Crippen molar-refractivity contribution >= 4 is 28.5 Å². The molecule has 1 heterocycles. The highest BCUT2D eigenvalue weighted by atomic mass is 32.1. The van der Waals surface area contributed by atoms with Crippen molar-refractivity contribution in [2.45, 2.75) is 20.0 Å². The van der Waals surface area contributed by atoms with Crippen LogP contribution in [0.25, 0.3) is 0 Å². The fourth-order valence-electron chi connectivity index (χ4n) is 1.76. The van der Waals surface area contributed by atoms with Crippen molar-refractivity contribution in [3.05, 3.63) is 45.6 Å². The normalized spacial score (nSPS) is 10.3. The van der Waals surface area contributed by atoms with E-state index in [1.54, 1.807) is 24.5 Å². The van der Waals surface area contributed by atoms with Crippen molar-refractivity contribution in [1.29, 1.82) is 0 Å². The second-order valence-corrected chi connectivity index (χ2v) is 5.96. The van der Waals surface area contributed by atoms with E-state index in [4.69, 9.17) is 27.4 Å². The van der Waals surface area contributed by atoms with E-state index in [-0.39, 0.29) is 0 Å². The van der Waals surface area contributed by atoms with Crippen LogP contribution in [0.3, 0.4) is 0 Å². The summed E-state index contributed by atoms with van der Waals surface area (Å²) in [5.74, 6) is 1.39. The molecule has 0 unspecified atom stereocenters. The Balaban J connectivity index is 2.12. The molecule has 1 aromatic carbocycles. The van der Waals surface area contributed by atoms with Crippen molar-refractivity contribution in [3.63, 3.8) is 0 Å². The number of hydrogen-bond donors (Lipinski definition) is 1. The molecular weight excluding hydrogens is 290 g/mol. The van der Waals surface area contributed by atoms with E-state index in [0.717, 1.165) is 12.0 Å². The van der Waals surface area contributed by atoms with Crippen LogP contribution < -0.4 is 15.2 Å². The van der Waals surface area contributed by atoms with Gasteiger partial charge in [-0.1, -0.05) is 19.1 Å². The first-order chi connectivity index (χ1) is 9.62. The lowest BCUT2D eigenvalue weighted by atomic mass is 10.2. The third kappa shape index (κ3) is 3.71. The number of methoxy groups -OCH3 is 1. The molecule has 0 atom stereocenters. The summed E-state index contributed by atoms with van der Waals surface area (Å²) in [6, 6.07) is 9.69. The zero-order valence-corrected chi connectivity index (χ0v) is 13.1. The van der Waals surface area contributed by atoms with Crippen LogP contribution in [0.1, 0.15) is 22.2 Å². The molecular formula is C15H17NO2S2. The highest BCUT2D eigenvalue weighted by Gasteiger charge is 2.06. The van der Waals surface area contributed by atoms with Crippen LogP contribution in [-0.4, -0.2) is 12.1 Å². The van der Waals surface area contributed by atoms with E-state index in [1.807, 2.05) is 12.1 Å². The third-order valence-electron chi connectivity index (χ3n) is 2.85. The maximum Gasteiger partial charge on any atom is 0.124 e. The van der Waals surface area contributed by atoms with E-state index in [9.17, 15) is 0 Å². The first-order valence-electron chi connectivity index (χ1n) is 6.31. The van der Waals surface area contributed by atoms with E-state index >= 15 is 0 Å². The smallest absolute Gasteiger partial charge is 0.124 e. The summed E-state index contributed by atoms with van der Waals surface area (Å²) in [4.78, 5) is 2.89. The molecule has 0 saturated heterocycles. The predicted octanol–water partition coefficient (Wildman–Crippen LogP) is 3.53. The molecule has 0 saturated carbocycles.